The zero-order valence-electron chi connectivity index (χ0n) is 16.0. The molecular formula is C21H27N3O3. The molecule has 1 fully saturated rings. The maximum Gasteiger partial charge on any atom is 0.255 e. The van der Waals surface area contributed by atoms with Gasteiger partial charge in [0, 0.05) is 25.8 Å². The maximum atomic E-state index is 12.4. The molecular weight excluding hydrogens is 342 g/mol. The quantitative estimate of drug-likeness (QED) is 0.813. The van der Waals surface area contributed by atoms with E-state index in [0.717, 1.165) is 24.5 Å². The van der Waals surface area contributed by atoms with Gasteiger partial charge < -0.3 is 19.7 Å². The number of ether oxygens (including phenoxy) is 2. The van der Waals surface area contributed by atoms with Crippen molar-refractivity contribution in [2.45, 2.75) is 26.4 Å². The number of carbonyl (C=O) groups is 1. The van der Waals surface area contributed by atoms with E-state index in [1.807, 2.05) is 38.1 Å². The second-order valence-corrected chi connectivity index (χ2v) is 6.83. The van der Waals surface area contributed by atoms with Crippen LogP contribution in [-0.4, -0.2) is 54.7 Å². The molecule has 0 atom stereocenters. The summed E-state index contributed by atoms with van der Waals surface area (Å²) < 4.78 is 11.0. The monoisotopic (exact) mass is 369 g/mol. The first kappa shape index (κ1) is 19.2. The zero-order valence-corrected chi connectivity index (χ0v) is 16.0. The van der Waals surface area contributed by atoms with Gasteiger partial charge in [0.25, 0.3) is 5.91 Å². The van der Waals surface area contributed by atoms with E-state index in [-0.39, 0.29) is 12.0 Å². The predicted octanol–water partition coefficient (Wildman–Crippen LogP) is 3.00. The Morgan fingerprint density at radius 2 is 2.07 bits per heavy atom. The summed E-state index contributed by atoms with van der Waals surface area (Å²) in [6, 6.07) is 11.8. The van der Waals surface area contributed by atoms with Gasteiger partial charge in [0.2, 0.25) is 0 Å². The topological polar surface area (TPSA) is 63.7 Å². The standard InChI is InChI=1S/C21H27N3O3/c1-16(2)27-19-5-3-4-17(14-19)8-9-22-20-7-6-18(15-23-20)21(25)24-10-12-26-13-11-24/h3-7,14-16H,8-13H2,1-2H3,(H,22,23). The molecule has 3 rings (SSSR count). The molecule has 1 aliphatic rings. The van der Waals surface area contributed by atoms with E-state index < -0.39 is 0 Å². The van der Waals surface area contributed by atoms with Crippen molar-refractivity contribution >= 4 is 11.7 Å². The van der Waals surface area contributed by atoms with Crippen LogP contribution in [0.2, 0.25) is 0 Å². The molecule has 1 aliphatic heterocycles. The molecule has 0 unspecified atom stereocenters. The average Bonchev–Trinajstić information content (AvgIpc) is 2.68. The molecule has 0 radical (unpaired) electrons. The Kier molecular flexibility index (Phi) is 6.65. The first-order chi connectivity index (χ1) is 13.1. The van der Waals surface area contributed by atoms with E-state index in [4.69, 9.17) is 9.47 Å². The molecule has 1 aromatic heterocycles. The highest BCUT2D eigenvalue weighted by Crippen LogP contribution is 2.16. The highest BCUT2D eigenvalue weighted by Gasteiger charge is 2.18. The zero-order chi connectivity index (χ0) is 19.1. The van der Waals surface area contributed by atoms with E-state index in [2.05, 4.69) is 22.4 Å². The van der Waals surface area contributed by atoms with Crippen molar-refractivity contribution in [1.82, 2.24) is 9.88 Å². The van der Waals surface area contributed by atoms with Gasteiger partial charge in [-0.2, -0.15) is 0 Å². The second-order valence-electron chi connectivity index (χ2n) is 6.83. The van der Waals surface area contributed by atoms with Crippen LogP contribution in [-0.2, 0) is 11.2 Å². The lowest BCUT2D eigenvalue weighted by molar-refractivity contribution is 0.0302. The SMILES string of the molecule is CC(C)Oc1cccc(CCNc2ccc(C(=O)N3CCOCC3)cn2)c1. The van der Waals surface area contributed by atoms with Gasteiger partial charge in [-0.1, -0.05) is 12.1 Å². The average molecular weight is 369 g/mol. The summed E-state index contributed by atoms with van der Waals surface area (Å²) in [7, 11) is 0. The molecule has 1 aromatic carbocycles. The van der Waals surface area contributed by atoms with Crippen molar-refractivity contribution in [3.63, 3.8) is 0 Å². The number of carbonyl (C=O) groups excluding carboxylic acids is 1. The molecule has 2 aromatic rings. The van der Waals surface area contributed by atoms with Crippen molar-refractivity contribution in [3.8, 4) is 5.75 Å². The van der Waals surface area contributed by atoms with Crippen molar-refractivity contribution in [2.75, 3.05) is 38.2 Å². The Labute approximate surface area is 160 Å². The number of benzene rings is 1. The van der Waals surface area contributed by atoms with E-state index >= 15 is 0 Å². The van der Waals surface area contributed by atoms with Crippen LogP contribution in [0.3, 0.4) is 0 Å². The maximum absolute atomic E-state index is 12.4. The number of nitrogens with zero attached hydrogens (tertiary/aromatic N) is 2. The Morgan fingerprint density at radius 1 is 1.26 bits per heavy atom. The fraction of sp³-hybridized carbons (Fsp3) is 0.429. The van der Waals surface area contributed by atoms with Crippen LogP contribution in [0.15, 0.2) is 42.6 Å². The van der Waals surface area contributed by atoms with Crippen LogP contribution in [0, 0.1) is 0 Å². The van der Waals surface area contributed by atoms with Crippen LogP contribution in [0.1, 0.15) is 29.8 Å². The molecule has 0 spiro atoms. The van der Waals surface area contributed by atoms with Crippen LogP contribution in [0.25, 0.3) is 0 Å². The van der Waals surface area contributed by atoms with Gasteiger partial charge >= 0.3 is 0 Å². The lowest BCUT2D eigenvalue weighted by Crippen LogP contribution is -2.40. The predicted molar refractivity (Wildman–Crippen MR) is 105 cm³/mol. The summed E-state index contributed by atoms with van der Waals surface area (Å²) in [6.07, 6.45) is 2.67. The molecule has 6 heteroatoms. The third kappa shape index (κ3) is 5.69. The third-order valence-electron chi connectivity index (χ3n) is 4.30. The smallest absolute Gasteiger partial charge is 0.255 e. The van der Waals surface area contributed by atoms with Gasteiger partial charge in [-0.05, 0) is 50.1 Å². The Balaban J connectivity index is 1.49. The van der Waals surface area contributed by atoms with Crippen LogP contribution in [0.5, 0.6) is 5.75 Å². The molecule has 144 valence electrons. The van der Waals surface area contributed by atoms with Gasteiger partial charge in [0.1, 0.15) is 11.6 Å². The molecule has 0 saturated carbocycles. The van der Waals surface area contributed by atoms with Crippen LogP contribution < -0.4 is 10.1 Å². The Hall–Kier alpha value is -2.60. The van der Waals surface area contributed by atoms with Crippen molar-refractivity contribution in [3.05, 3.63) is 53.7 Å². The summed E-state index contributed by atoms with van der Waals surface area (Å²) in [4.78, 5) is 18.6. The molecule has 1 amide bonds. The molecule has 1 saturated heterocycles. The summed E-state index contributed by atoms with van der Waals surface area (Å²) >= 11 is 0. The normalized spacial score (nSPS) is 14.3. The van der Waals surface area contributed by atoms with Crippen LogP contribution in [0.4, 0.5) is 5.82 Å². The van der Waals surface area contributed by atoms with Crippen LogP contribution >= 0.6 is 0 Å². The summed E-state index contributed by atoms with van der Waals surface area (Å²) in [6.45, 7) is 7.27. The number of rotatable bonds is 7. The van der Waals surface area contributed by atoms with Gasteiger partial charge in [0.05, 0.1) is 24.9 Å². The number of hydrogen-bond acceptors (Lipinski definition) is 5. The number of pyridine rings is 1. The van der Waals surface area contributed by atoms with E-state index in [1.54, 1.807) is 11.1 Å². The Morgan fingerprint density at radius 3 is 2.78 bits per heavy atom. The van der Waals surface area contributed by atoms with Gasteiger partial charge in [-0.25, -0.2) is 4.98 Å². The lowest BCUT2D eigenvalue weighted by Gasteiger charge is -2.26. The van der Waals surface area contributed by atoms with Crippen molar-refractivity contribution in [2.24, 2.45) is 0 Å². The number of aromatic nitrogens is 1. The summed E-state index contributed by atoms with van der Waals surface area (Å²) in [5.41, 5.74) is 1.82. The van der Waals surface area contributed by atoms with Gasteiger partial charge in [-0.15, -0.1) is 0 Å². The van der Waals surface area contributed by atoms with E-state index in [9.17, 15) is 4.79 Å². The molecule has 2 heterocycles. The summed E-state index contributed by atoms with van der Waals surface area (Å²) in [5, 5.41) is 3.30. The second kappa shape index (κ2) is 9.37. The number of hydrogen-bond donors (Lipinski definition) is 1. The fourth-order valence-electron chi connectivity index (χ4n) is 2.96. The largest absolute Gasteiger partial charge is 0.491 e. The molecule has 27 heavy (non-hydrogen) atoms. The molecule has 1 N–H and O–H groups in total. The molecule has 0 aliphatic carbocycles. The van der Waals surface area contributed by atoms with Crippen molar-refractivity contribution in [1.29, 1.82) is 0 Å². The number of nitrogens with one attached hydrogen (secondary N) is 1. The summed E-state index contributed by atoms with van der Waals surface area (Å²) in [5.74, 6) is 1.68. The number of morpholine rings is 1. The highest BCUT2D eigenvalue weighted by atomic mass is 16.5. The Bertz CT molecular complexity index is 741. The molecule has 6 nitrogen and oxygen atoms in total. The minimum Gasteiger partial charge on any atom is -0.491 e. The number of anilines is 1. The van der Waals surface area contributed by atoms with E-state index in [0.29, 0.717) is 31.9 Å². The van der Waals surface area contributed by atoms with E-state index in [1.165, 1.54) is 5.56 Å². The van der Waals surface area contributed by atoms with Crippen molar-refractivity contribution < 1.29 is 14.3 Å². The minimum absolute atomic E-state index is 0.0133. The van der Waals surface area contributed by atoms with Gasteiger partial charge in [-0.3, -0.25) is 4.79 Å². The van der Waals surface area contributed by atoms with Gasteiger partial charge in [0.15, 0.2) is 0 Å². The first-order valence-corrected chi connectivity index (χ1v) is 9.44. The third-order valence-corrected chi connectivity index (χ3v) is 4.30. The fourth-order valence-corrected chi connectivity index (χ4v) is 2.96. The first-order valence-electron chi connectivity index (χ1n) is 9.44. The number of amides is 1. The minimum atomic E-state index is 0.0133. The molecule has 0 bridgehead atoms. The lowest BCUT2D eigenvalue weighted by atomic mass is 10.1. The highest BCUT2D eigenvalue weighted by molar-refractivity contribution is 5.94.